The van der Waals surface area contributed by atoms with Gasteiger partial charge in [-0.15, -0.1) is 10.2 Å². The average molecular weight is 282 g/mol. The van der Waals surface area contributed by atoms with E-state index in [4.69, 9.17) is 0 Å². The standard InChI is InChI=1S/C12H18N4O2S/c1-8-15-16-12(19-8)14-10(17)6-7-13-11(18)9-4-2-3-5-9/h9H,2-7H2,1H3,(H,13,18)(H,14,16,17). The number of nitrogens with one attached hydrogen (secondary N) is 2. The second-order valence-electron chi connectivity index (χ2n) is 4.70. The van der Waals surface area contributed by atoms with Crippen LogP contribution in [-0.4, -0.2) is 28.6 Å². The summed E-state index contributed by atoms with van der Waals surface area (Å²) in [6.07, 6.45) is 4.48. The van der Waals surface area contributed by atoms with Crippen molar-refractivity contribution in [3.05, 3.63) is 5.01 Å². The minimum absolute atomic E-state index is 0.0806. The molecule has 0 atom stereocenters. The Hall–Kier alpha value is -1.50. The van der Waals surface area contributed by atoms with Crippen molar-refractivity contribution in [1.82, 2.24) is 15.5 Å². The van der Waals surface area contributed by atoms with E-state index in [1.54, 1.807) is 0 Å². The third kappa shape index (κ3) is 4.27. The molecule has 1 aromatic rings. The van der Waals surface area contributed by atoms with Crippen LogP contribution in [0, 0.1) is 12.8 Å². The van der Waals surface area contributed by atoms with Gasteiger partial charge in [0, 0.05) is 18.9 Å². The number of amides is 2. The molecule has 2 rings (SSSR count). The summed E-state index contributed by atoms with van der Waals surface area (Å²) >= 11 is 1.33. The third-order valence-corrected chi connectivity index (χ3v) is 3.90. The van der Waals surface area contributed by atoms with Gasteiger partial charge in [0.2, 0.25) is 16.9 Å². The predicted octanol–water partition coefficient (Wildman–Crippen LogP) is 1.48. The number of anilines is 1. The van der Waals surface area contributed by atoms with E-state index >= 15 is 0 Å². The highest BCUT2D eigenvalue weighted by Gasteiger charge is 2.22. The molecule has 2 N–H and O–H groups in total. The molecule has 6 nitrogen and oxygen atoms in total. The van der Waals surface area contributed by atoms with Gasteiger partial charge in [-0.05, 0) is 19.8 Å². The number of aromatic nitrogens is 2. The van der Waals surface area contributed by atoms with Crippen molar-refractivity contribution in [2.24, 2.45) is 5.92 Å². The van der Waals surface area contributed by atoms with Gasteiger partial charge in [0.1, 0.15) is 5.01 Å². The molecular weight excluding hydrogens is 264 g/mol. The summed E-state index contributed by atoms with van der Waals surface area (Å²) in [5, 5.41) is 14.4. The largest absolute Gasteiger partial charge is 0.355 e. The maximum atomic E-state index is 11.7. The lowest BCUT2D eigenvalue weighted by atomic mass is 10.1. The van der Waals surface area contributed by atoms with Gasteiger partial charge in [-0.1, -0.05) is 24.2 Å². The Balaban J connectivity index is 1.65. The monoisotopic (exact) mass is 282 g/mol. The maximum absolute atomic E-state index is 11.7. The molecule has 0 aliphatic heterocycles. The number of hydrogen-bond acceptors (Lipinski definition) is 5. The van der Waals surface area contributed by atoms with E-state index < -0.39 is 0 Å². The molecule has 104 valence electrons. The predicted molar refractivity (Wildman–Crippen MR) is 72.9 cm³/mol. The Labute approximate surface area is 116 Å². The summed E-state index contributed by atoms with van der Waals surface area (Å²) in [4.78, 5) is 23.3. The Kier molecular flexibility index (Phi) is 4.84. The highest BCUT2D eigenvalue weighted by atomic mass is 32.1. The van der Waals surface area contributed by atoms with E-state index in [0.717, 1.165) is 30.7 Å². The topological polar surface area (TPSA) is 84.0 Å². The lowest BCUT2D eigenvalue weighted by molar-refractivity contribution is -0.124. The van der Waals surface area contributed by atoms with E-state index in [2.05, 4.69) is 20.8 Å². The number of carbonyl (C=O) groups excluding carboxylic acids is 2. The first kappa shape index (κ1) is 13.9. The molecule has 0 saturated heterocycles. The summed E-state index contributed by atoms with van der Waals surface area (Å²) in [6, 6.07) is 0. The van der Waals surface area contributed by atoms with Crippen LogP contribution in [0.4, 0.5) is 5.13 Å². The SMILES string of the molecule is Cc1nnc(NC(=O)CCNC(=O)C2CCCC2)s1. The molecule has 2 amide bonds. The molecule has 1 aromatic heterocycles. The van der Waals surface area contributed by atoms with Gasteiger partial charge in [0.15, 0.2) is 0 Å². The molecule has 7 heteroatoms. The van der Waals surface area contributed by atoms with Crippen LogP contribution in [-0.2, 0) is 9.59 Å². The number of aryl methyl sites for hydroxylation is 1. The van der Waals surface area contributed by atoms with Crippen molar-refractivity contribution in [3.8, 4) is 0 Å². The molecule has 0 radical (unpaired) electrons. The van der Waals surface area contributed by atoms with E-state index in [-0.39, 0.29) is 24.2 Å². The second kappa shape index (κ2) is 6.60. The van der Waals surface area contributed by atoms with Crippen molar-refractivity contribution in [1.29, 1.82) is 0 Å². The van der Waals surface area contributed by atoms with Crippen molar-refractivity contribution in [2.45, 2.75) is 39.0 Å². The highest BCUT2D eigenvalue weighted by molar-refractivity contribution is 7.15. The molecule has 1 heterocycles. The summed E-state index contributed by atoms with van der Waals surface area (Å²) in [6.45, 7) is 2.20. The normalized spacial score (nSPS) is 15.4. The van der Waals surface area contributed by atoms with Gasteiger partial charge in [-0.2, -0.15) is 0 Å². The fraction of sp³-hybridized carbons (Fsp3) is 0.667. The van der Waals surface area contributed by atoms with Crippen molar-refractivity contribution >= 4 is 28.3 Å². The van der Waals surface area contributed by atoms with E-state index in [1.807, 2.05) is 6.92 Å². The Morgan fingerprint density at radius 3 is 2.68 bits per heavy atom. The molecule has 0 unspecified atom stereocenters. The smallest absolute Gasteiger partial charge is 0.227 e. The van der Waals surface area contributed by atoms with E-state index in [1.165, 1.54) is 11.3 Å². The van der Waals surface area contributed by atoms with Crippen LogP contribution >= 0.6 is 11.3 Å². The molecule has 0 aromatic carbocycles. The van der Waals surface area contributed by atoms with Crippen molar-refractivity contribution in [3.63, 3.8) is 0 Å². The zero-order valence-electron chi connectivity index (χ0n) is 10.9. The summed E-state index contributed by atoms with van der Waals surface area (Å²) in [5.74, 6) is 0.0776. The molecule has 0 spiro atoms. The Morgan fingerprint density at radius 1 is 1.32 bits per heavy atom. The minimum atomic E-state index is -0.150. The maximum Gasteiger partial charge on any atom is 0.227 e. The number of carbonyl (C=O) groups is 2. The van der Waals surface area contributed by atoms with E-state index in [9.17, 15) is 9.59 Å². The van der Waals surface area contributed by atoms with Crippen LogP contribution in [0.1, 0.15) is 37.1 Å². The number of hydrogen-bond donors (Lipinski definition) is 2. The molecule has 1 aliphatic carbocycles. The minimum Gasteiger partial charge on any atom is -0.355 e. The van der Waals surface area contributed by atoms with Crippen LogP contribution in [0.5, 0.6) is 0 Å². The van der Waals surface area contributed by atoms with Crippen LogP contribution in [0.3, 0.4) is 0 Å². The van der Waals surface area contributed by atoms with Crippen LogP contribution in [0.25, 0.3) is 0 Å². The van der Waals surface area contributed by atoms with Gasteiger partial charge in [0.25, 0.3) is 0 Å². The Morgan fingerprint density at radius 2 is 2.05 bits per heavy atom. The summed E-state index contributed by atoms with van der Waals surface area (Å²) in [5.41, 5.74) is 0. The second-order valence-corrected chi connectivity index (χ2v) is 5.88. The number of nitrogens with zero attached hydrogens (tertiary/aromatic N) is 2. The third-order valence-electron chi connectivity index (χ3n) is 3.15. The highest BCUT2D eigenvalue weighted by Crippen LogP contribution is 2.24. The van der Waals surface area contributed by atoms with E-state index in [0.29, 0.717) is 11.7 Å². The van der Waals surface area contributed by atoms with Gasteiger partial charge in [-0.25, -0.2) is 0 Å². The summed E-state index contributed by atoms with van der Waals surface area (Å²) in [7, 11) is 0. The van der Waals surface area contributed by atoms with Gasteiger partial charge in [-0.3, -0.25) is 9.59 Å². The molecule has 1 aliphatic rings. The number of rotatable bonds is 5. The van der Waals surface area contributed by atoms with Gasteiger partial charge < -0.3 is 10.6 Å². The van der Waals surface area contributed by atoms with Gasteiger partial charge in [0.05, 0.1) is 0 Å². The molecule has 1 fully saturated rings. The molecular formula is C12H18N4O2S. The van der Waals surface area contributed by atoms with Crippen molar-refractivity contribution in [2.75, 3.05) is 11.9 Å². The first-order valence-corrected chi connectivity index (χ1v) is 7.34. The quantitative estimate of drug-likeness (QED) is 0.856. The molecule has 19 heavy (non-hydrogen) atoms. The van der Waals surface area contributed by atoms with Crippen LogP contribution in [0.15, 0.2) is 0 Å². The summed E-state index contributed by atoms with van der Waals surface area (Å²) < 4.78 is 0. The molecule has 0 bridgehead atoms. The van der Waals surface area contributed by atoms with Crippen molar-refractivity contribution < 1.29 is 9.59 Å². The zero-order chi connectivity index (χ0) is 13.7. The average Bonchev–Trinajstić information content (AvgIpc) is 3.00. The lowest BCUT2D eigenvalue weighted by Gasteiger charge is -2.09. The van der Waals surface area contributed by atoms with Crippen LogP contribution < -0.4 is 10.6 Å². The fourth-order valence-corrected chi connectivity index (χ4v) is 2.77. The lowest BCUT2D eigenvalue weighted by Crippen LogP contribution is -2.31. The first-order valence-electron chi connectivity index (χ1n) is 6.53. The first-order chi connectivity index (χ1) is 9.15. The van der Waals surface area contributed by atoms with Gasteiger partial charge >= 0.3 is 0 Å². The van der Waals surface area contributed by atoms with Crippen LogP contribution in [0.2, 0.25) is 0 Å². The fourth-order valence-electron chi connectivity index (χ4n) is 2.16. The molecule has 1 saturated carbocycles. The zero-order valence-corrected chi connectivity index (χ0v) is 11.8. The Bertz CT molecular complexity index is 454.